The van der Waals surface area contributed by atoms with Gasteiger partial charge in [-0.05, 0) is 37.4 Å². The number of hydrogen-bond acceptors (Lipinski definition) is 2. The maximum Gasteiger partial charge on any atom is 0.256 e. The predicted octanol–water partition coefficient (Wildman–Crippen LogP) is 2.34. The van der Waals surface area contributed by atoms with Gasteiger partial charge in [0, 0.05) is 6.04 Å². The third-order valence-electron chi connectivity index (χ3n) is 3.47. The molecule has 1 aliphatic rings. The van der Waals surface area contributed by atoms with E-state index < -0.39 is 11.7 Å². The van der Waals surface area contributed by atoms with E-state index in [-0.39, 0.29) is 22.5 Å². The Morgan fingerprint density at radius 2 is 2.28 bits per heavy atom. The lowest BCUT2D eigenvalue weighted by Crippen LogP contribution is -2.40. The number of hydrogen-bond donors (Lipinski definition) is 2. The number of carbonyl (C=O) groups excluding carboxylic acids is 1. The molecule has 1 fully saturated rings. The van der Waals surface area contributed by atoms with Crippen molar-refractivity contribution in [2.45, 2.75) is 25.3 Å². The fourth-order valence-electron chi connectivity index (χ4n) is 2.46. The molecule has 1 amide bonds. The van der Waals surface area contributed by atoms with Crippen molar-refractivity contribution in [1.82, 2.24) is 5.32 Å². The first kappa shape index (κ1) is 13.3. The molecule has 1 saturated carbocycles. The Morgan fingerprint density at radius 3 is 2.94 bits per heavy atom. The molecule has 2 rings (SSSR count). The van der Waals surface area contributed by atoms with Gasteiger partial charge in [0.15, 0.2) is 0 Å². The van der Waals surface area contributed by atoms with Gasteiger partial charge in [0.1, 0.15) is 5.82 Å². The van der Waals surface area contributed by atoms with Gasteiger partial charge in [-0.1, -0.05) is 24.1 Å². The Kier molecular flexibility index (Phi) is 4.19. The summed E-state index contributed by atoms with van der Waals surface area (Å²) < 4.78 is 13.6. The molecule has 0 radical (unpaired) electrons. The molecule has 5 heteroatoms. The summed E-state index contributed by atoms with van der Waals surface area (Å²) in [5, 5.41) is 2.97. The molecule has 0 spiro atoms. The van der Waals surface area contributed by atoms with Gasteiger partial charge in [0.05, 0.1) is 10.6 Å². The maximum atomic E-state index is 13.6. The van der Waals surface area contributed by atoms with Crippen LogP contribution in [0.4, 0.5) is 4.39 Å². The highest BCUT2D eigenvalue weighted by molar-refractivity contribution is 6.33. The van der Waals surface area contributed by atoms with Crippen LogP contribution in [-0.2, 0) is 0 Å². The van der Waals surface area contributed by atoms with Crippen molar-refractivity contribution in [2.75, 3.05) is 6.54 Å². The first-order valence-electron chi connectivity index (χ1n) is 6.08. The van der Waals surface area contributed by atoms with Crippen LogP contribution < -0.4 is 11.1 Å². The van der Waals surface area contributed by atoms with E-state index in [4.69, 9.17) is 17.3 Å². The molecular formula is C13H16ClFN2O. The Hall–Kier alpha value is -1.13. The second-order valence-electron chi connectivity index (χ2n) is 4.60. The monoisotopic (exact) mass is 270 g/mol. The fourth-order valence-corrected chi connectivity index (χ4v) is 2.71. The summed E-state index contributed by atoms with van der Waals surface area (Å²) in [5.41, 5.74) is 5.57. The molecule has 2 atom stereocenters. The van der Waals surface area contributed by atoms with E-state index in [2.05, 4.69) is 5.32 Å². The average Bonchev–Trinajstić information content (AvgIpc) is 2.76. The Labute approximate surface area is 111 Å². The minimum absolute atomic E-state index is 0.0261. The summed E-state index contributed by atoms with van der Waals surface area (Å²) in [6.45, 7) is 0.538. The van der Waals surface area contributed by atoms with Crippen LogP contribution in [0.1, 0.15) is 29.6 Å². The first-order valence-corrected chi connectivity index (χ1v) is 6.46. The zero-order chi connectivity index (χ0) is 13.1. The molecule has 0 heterocycles. The summed E-state index contributed by atoms with van der Waals surface area (Å²) in [4.78, 5) is 12.0. The third kappa shape index (κ3) is 2.65. The molecule has 1 aliphatic carbocycles. The number of nitrogens with two attached hydrogens (primary N) is 1. The second kappa shape index (κ2) is 5.67. The summed E-state index contributed by atoms with van der Waals surface area (Å²) >= 11 is 5.85. The molecule has 1 aromatic rings. The standard InChI is InChI=1S/C13H16ClFN2O/c14-9-4-2-5-10(15)12(9)13(18)17-11-6-1-3-8(11)7-16/h2,4-5,8,11H,1,3,6-7,16H2,(H,17,18). The number of nitrogens with one attached hydrogen (secondary N) is 1. The molecule has 3 nitrogen and oxygen atoms in total. The number of carbonyl (C=O) groups is 1. The summed E-state index contributed by atoms with van der Waals surface area (Å²) in [5.74, 6) is -0.773. The van der Waals surface area contributed by atoms with E-state index in [1.807, 2.05) is 0 Å². The summed E-state index contributed by atoms with van der Waals surface area (Å²) in [6.07, 6.45) is 2.93. The van der Waals surface area contributed by atoms with Crippen LogP contribution >= 0.6 is 11.6 Å². The number of benzene rings is 1. The van der Waals surface area contributed by atoms with Crippen LogP contribution in [0.5, 0.6) is 0 Å². The quantitative estimate of drug-likeness (QED) is 0.886. The largest absolute Gasteiger partial charge is 0.349 e. The minimum atomic E-state index is -0.595. The maximum absolute atomic E-state index is 13.6. The Bertz CT molecular complexity index is 432. The van der Waals surface area contributed by atoms with E-state index in [9.17, 15) is 9.18 Å². The van der Waals surface area contributed by atoms with E-state index in [0.717, 1.165) is 19.3 Å². The van der Waals surface area contributed by atoms with Gasteiger partial charge in [-0.2, -0.15) is 0 Å². The van der Waals surface area contributed by atoms with Gasteiger partial charge in [-0.15, -0.1) is 0 Å². The van der Waals surface area contributed by atoms with Crippen molar-refractivity contribution in [2.24, 2.45) is 11.7 Å². The van der Waals surface area contributed by atoms with Crippen LogP contribution in [0.3, 0.4) is 0 Å². The lowest BCUT2D eigenvalue weighted by atomic mass is 10.0. The summed E-state index contributed by atoms with van der Waals surface area (Å²) in [6, 6.07) is 4.25. The predicted molar refractivity (Wildman–Crippen MR) is 69.1 cm³/mol. The minimum Gasteiger partial charge on any atom is -0.349 e. The average molecular weight is 271 g/mol. The topological polar surface area (TPSA) is 55.1 Å². The van der Waals surface area contributed by atoms with Crippen molar-refractivity contribution >= 4 is 17.5 Å². The normalized spacial score (nSPS) is 23.1. The fraction of sp³-hybridized carbons (Fsp3) is 0.462. The lowest BCUT2D eigenvalue weighted by Gasteiger charge is -2.19. The van der Waals surface area contributed by atoms with Crippen molar-refractivity contribution in [3.05, 3.63) is 34.6 Å². The van der Waals surface area contributed by atoms with Crippen LogP contribution in [0.15, 0.2) is 18.2 Å². The zero-order valence-corrected chi connectivity index (χ0v) is 10.7. The number of halogens is 2. The smallest absolute Gasteiger partial charge is 0.256 e. The van der Waals surface area contributed by atoms with Gasteiger partial charge in [-0.3, -0.25) is 4.79 Å². The molecule has 0 aliphatic heterocycles. The van der Waals surface area contributed by atoms with Crippen molar-refractivity contribution in [3.8, 4) is 0 Å². The third-order valence-corrected chi connectivity index (χ3v) is 3.78. The second-order valence-corrected chi connectivity index (χ2v) is 5.01. The van der Waals surface area contributed by atoms with E-state index in [0.29, 0.717) is 6.54 Å². The number of rotatable bonds is 3. The molecule has 0 bridgehead atoms. The molecule has 0 aromatic heterocycles. The van der Waals surface area contributed by atoms with E-state index >= 15 is 0 Å². The Morgan fingerprint density at radius 1 is 1.50 bits per heavy atom. The SMILES string of the molecule is NCC1CCCC1NC(=O)c1c(F)cccc1Cl. The highest BCUT2D eigenvalue weighted by Crippen LogP contribution is 2.26. The van der Waals surface area contributed by atoms with E-state index in [1.54, 1.807) is 0 Å². The molecular weight excluding hydrogens is 255 g/mol. The molecule has 98 valence electrons. The van der Waals surface area contributed by atoms with E-state index in [1.165, 1.54) is 18.2 Å². The van der Waals surface area contributed by atoms with Crippen LogP contribution in [0.2, 0.25) is 5.02 Å². The highest BCUT2D eigenvalue weighted by Gasteiger charge is 2.28. The van der Waals surface area contributed by atoms with Gasteiger partial charge in [0.25, 0.3) is 5.91 Å². The van der Waals surface area contributed by atoms with Crippen molar-refractivity contribution < 1.29 is 9.18 Å². The van der Waals surface area contributed by atoms with Gasteiger partial charge < -0.3 is 11.1 Å². The van der Waals surface area contributed by atoms with Crippen molar-refractivity contribution in [1.29, 1.82) is 0 Å². The first-order chi connectivity index (χ1) is 8.63. The Balaban J connectivity index is 2.12. The number of amides is 1. The molecule has 3 N–H and O–H groups in total. The zero-order valence-electron chi connectivity index (χ0n) is 9.96. The molecule has 0 saturated heterocycles. The molecule has 1 aromatic carbocycles. The van der Waals surface area contributed by atoms with Gasteiger partial charge >= 0.3 is 0 Å². The van der Waals surface area contributed by atoms with Gasteiger partial charge in [-0.25, -0.2) is 4.39 Å². The van der Waals surface area contributed by atoms with Crippen LogP contribution in [-0.4, -0.2) is 18.5 Å². The molecule has 2 unspecified atom stereocenters. The summed E-state index contributed by atoms with van der Waals surface area (Å²) in [7, 11) is 0. The highest BCUT2D eigenvalue weighted by atomic mass is 35.5. The van der Waals surface area contributed by atoms with Crippen molar-refractivity contribution in [3.63, 3.8) is 0 Å². The van der Waals surface area contributed by atoms with Crippen LogP contribution in [0.25, 0.3) is 0 Å². The molecule has 18 heavy (non-hydrogen) atoms. The lowest BCUT2D eigenvalue weighted by molar-refractivity contribution is 0.0925. The van der Waals surface area contributed by atoms with Crippen LogP contribution in [0, 0.1) is 11.7 Å². The van der Waals surface area contributed by atoms with Gasteiger partial charge in [0.2, 0.25) is 0 Å².